The monoisotopic (exact) mass is 300 g/mol. The lowest BCUT2D eigenvalue weighted by Gasteiger charge is -2.15. The SMILES string of the molecule is COc1cc(OC)cc([C@H](O)CNc2nccnc2C#N)c1. The van der Waals surface area contributed by atoms with Gasteiger partial charge in [0, 0.05) is 25.0 Å². The minimum Gasteiger partial charge on any atom is -0.497 e. The van der Waals surface area contributed by atoms with Crippen molar-refractivity contribution < 1.29 is 14.6 Å². The first-order chi connectivity index (χ1) is 10.7. The van der Waals surface area contributed by atoms with Crippen molar-refractivity contribution >= 4 is 5.82 Å². The van der Waals surface area contributed by atoms with Crippen LogP contribution in [0.2, 0.25) is 0 Å². The van der Waals surface area contributed by atoms with Crippen LogP contribution in [0, 0.1) is 11.3 Å². The van der Waals surface area contributed by atoms with Crippen LogP contribution in [-0.4, -0.2) is 35.8 Å². The van der Waals surface area contributed by atoms with Crippen molar-refractivity contribution in [2.24, 2.45) is 0 Å². The number of methoxy groups -OCH3 is 2. The Hall–Kier alpha value is -2.85. The summed E-state index contributed by atoms with van der Waals surface area (Å²) in [7, 11) is 3.09. The molecule has 22 heavy (non-hydrogen) atoms. The molecule has 1 heterocycles. The molecule has 0 aliphatic heterocycles. The van der Waals surface area contributed by atoms with Gasteiger partial charge in [-0.1, -0.05) is 0 Å². The minimum absolute atomic E-state index is 0.170. The van der Waals surface area contributed by atoms with Crippen LogP contribution in [-0.2, 0) is 0 Å². The lowest BCUT2D eigenvalue weighted by atomic mass is 10.1. The average Bonchev–Trinajstić information content (AvgIpc) is 2.59. The molecule has 0 spiro atoms. The molecule has 0 saturated heterocycles. The summed E-state index contributed by atoms with van der Waals surface area (Å²) in [5.74, 6) is 1.51. The van der Waals surface area contributed by atoms with E-state index in [1.165, 1.54) is 12.4 Å². The lowest BCUT2D eigenvalue weighted by molar-refractivity contribution is 0.190. The van der Waals surface area contributed by atoms with E-state index in [1.54, 1.807) is 32.4 Å². The predicted octanol–water partition coefficient (Wildman–Crippen LogP) is 1.51. The summed E-state index contributed by atoms with van der Waals surface area (Å²) in [6.07, 6.45) is 2.09. The Labute approximate surface area is 128 Å². The highest BCUT2D eigenvalue weighted by atomic mass is 16.5. The summed E-state index contributed by atoms with van der Waals surface area (Å²) >= 11 is 0. The zero-order chi connectivity index (χ0) is 15.9. The Morgan fingerprint density at radius 1 is 1.18 bits per heavy atom. The first kappa shape index (κ1) is 15.5. The Morgan fingerprint density at radius 3 is 2.41 bits per heavy atom. The third-order valence-electron chi connectivity index (χ3n) is 3.03. The van der Waals surface area contributed by atoms with Crippen molar-refractivity contribution in [3.8, 4) is 17.6 Å². The first-order valence-corrected chi connectivity index (χ1v) is 6.54. The minimum atomic E-state index is -0.822. The Bertz CT molecular complexity index is 662. The standard InChI is InChI=1S/C15H16N4O3/c1-21-11-5-10(6-12(7-11)22-2)14(20)9-19-15-13(8-16)17-3-4-18-15/h3-7,14,20H,9H2,1-2H3,(H,18,19)/t14-/m1/s1. The summed E-state index contributed by atoms with van der Waals surface area (Å²) in [6, 6.07) is 7.10. The molecule has 1 atom stereocenters. The van der Waals surface area contributed by atoms with E-state index in [1.807, 2.05) is 6.07 Å². The molecular weight excluding hydrogens is 284 g/mol. The van der Waals surface area contributed by atoms with Gasteiger partial charge in [-0.25, -0.2) is 9.97 Å². The molecule has 0 aliphatic carbocycles. The van der Waals surface area contributed by atoms with Crippen LogP contribution in [0.4, 0.5) is 5.82 Å². The molecular formula is C15H16N4O3. The highest BCUT2D eigenvalue weighted by Gasteiger charge is 2.12. The van der Waals surface area contributed by atoms with Crippen LogP contribution < -0.4 is 14.8 Å². The number of ether oxygens (including phenoxy) is 2. The van der Waals surface area contributed by atoms with Gasteiger partial charge < -0.3 is 19.9 Å². The maximum atomic E-state index is 10.3. The highest BCUT2D eigenvalue weighted by Crippen LogP contribution is 2.26. The van der Waals surface area contributed by atoms with Crippen molar-refractivity contribution in [1.82, 2.24) is 9.97 Å². The van der Waals surface area contributed by atoms with Crippen LogP contribution >= 0.6 is 0 Å². The fourth-order valence-electron chi connectivity index (χ4n) is 1.88. The highest BCUT2D eigenvalue weighted by molar-refractivity contribution is 5.47. The second-order valence-electron chi connectivity index (χ2n) is 4.41. The third kappa shape index (κ3) is 3.62. The van der Waals surface area contributed by atoms with Gasteiger partial charge in [-0.3, -0.25) is 0 Å². The summed E-state index contributed by atoms with van der Waals surface area (Å²) in [6.45, 7) is 0.170. The van der Waals surface area contributed by atoms with E-state index in [0.717, 1.165) is 0 Å². The van der Waals surface area contributed by atoms with Crippen LogP contribution in [0.25, 0.3) is 0 Å². The van der Waals surface area contributed by atoms with Gasteiger partial charge in [0.2, 0.25) is 0 Å². The largest absolute Gasteiger partial charge is 0.497 e. The number of nitriles is 1. The van der Waals surface area contributed by atoms with E-state index in [2.05, 4.69) is 15.3 Å². The molecule has 0 bridgehead atoms. The number of anilines is 1. The van der Waals surface area contributed by atoms with Gasteiger partial charge in [-0.05, 0) is 17.7 Å². The average molecular weight is 300 g/mol. The third-order valence-corrected chi connectivity index (χ3v) is 3.03. The van der Waals surface area contributed by atoms with Crippen LogP contribution in [0.5, 0.6) is 11.5 Å². The maximum Gasteiger partial charge on any atom is 0.182 e. The van der Waals surface area contributed by atoms with E-state index in [0.29, 0.717) is 22.9 Å². The molecule has 0 radical (unpaired) electrons. The Balaban J connectivity index is 2.12. The summed E-state index contributed by atoms with van der Waals surface area (Å²) < 4.78 is 10.3. The van der Waals surface area contributed by atoms with E-state index in [-0.39, 0.29) is 12.2 Å². The summed E-state index contributed by atoms with van der Waals surface area (Å²) in [4.78, 5) is 7.92. The van der Waals surface area contributed by atoms with Gasteiger partial charge >= 0.3 is 0 Å². The van der Waals surface area contributed by atoms with Gasteiger partial charge in [-0.2, -0.15) is 5.26 Å². The molecule has 0 saturated carbocycles. The number of nitrogens with zero attached hydrogens (tertiary/aromatic N) is 3. The molecule has 2 aromatic rings. The number of nitrogens with one attached hydrogen (secondary N) is 1. The molecule has 0 unspecified atom stereocenters. The van der Waals surface area contributed by atoms with Gasteiger partial charge in [0.1, 0.15) is 17.6 Å². The normalized spacial score (nSPS) is 11.4. The van der Waals surface area contributed by atoms with Gasteiger partial charge in [0.05, 0.1) is 20.3 Å². The fraction of sp³-hybridized carbons (Fsp3) is 0.267. The smallest absolute Gasteiger partial charge is 0.182 e. The first-order valence-electron chi connectivity index (χ1n) is 6.54. The molecule has 7 heteroatoms. The molecule has 7 nitrogen and oxygen atoms in total. The van der Waals surface area contributed by atoms with Crippen molar-refractivity contribution in [2.75, 3.05) is 26.1 Å². The Morgan fingerprint density at radius 2 is 1.82 bits per heavy atom. The van der Waals surface area contributed by atoms with Crippen molar-refractivity contribution in [3.05, 3.63) is 41.9 Å². The van der Waals surface area contributed by atoms with Gasteiger partial charge in [-0.15, -0.1) is 0 Å². The van der Waals surface area contributed by atoms with E-state index < -0.39 is 6.10 Å². The number of rotatable bonds is 6. The number of aliphatic hydroxyl groups excluding tert-OH is 1. The second-order valence-corrected chi connectivity index (χ2v) is 4.41. The molecule has 2 rings (SSSR count). The molecule has 1 aromatic heterocycles. The summed E-state index contributed by atoms with van der Waals surface area (Å²) in [5, 5.41) is 22.1. The number of aliphatic hydroxyl groups is 1. The number of benzene rings is 1. The second kappa shape index (κ2) is 7.24. The van der Waals surface area contributed by atoms with Gasteiger partial charge in [0.15, 0.2) is 11.5 Å². The van der Waals surface area contributed by atoms with E-state index in [9.17, 15) is 5.11 Å². The van der Waals surface area contributed by atoms with Crippen LogP contribution in [0.1, 0.15) is 17.4 Å². The van der Waals surface area contributed by atoms with E-state index in [4.69, 9.17) is 14.7 Å². The quantitative estimate of drug-likeness (QED) is 0.834. The van der Waals surface area contributed by atoms with Crippen LogP contribution in [0.15, 0.2) is 30.6 Å². The van der Waals surface area contributed by atoms with Crippen molar-refractivity contribution in [3.63, 3.8) is 0 Å². The molecule has 1 aromatic carbocycles. The molecule has 114 valence electrons. The molecule has 2 N–H and O–H groups in total. The zero-order valence-corrected chi connectivity index (χ0v) is 12.3. The Kier molecular flexibility index (Phi) is 5.11. The summed E-state index contributed by atoms with van der Waals surface area (Å²) in [5.41, 5.74) is 0.809. The van der Waals surface area contributed by atoms with E-state index >= 15 is 0 Å². The molecule has 0 aliphatic rings. The number of hydrogen-bond acceptors (Lipinski definition) is 7. The fourth-order valence-corrected chi connectivity index (χ4v) is 1.88. The number of aromatic nitrogens is 2. The van der Waals surface area contributed by atoms with Crippen LogP contribution in [0.3, 0.4) is 0 Å². The zero-order valence-electron chi connectivity index (χ0n) is 12.3. The molecule has 0 amide bonds. The number of hydrogen-bond donors (Lipinski definition) is 2. The van der Waals surface area contributed by atoms with Gasteiger partial charge in [0.25, 0.3) is 0 Å². The lowest BCUT2D eigenvalue weighted by Crippen LogP contribution is -2.14. The van der Waals surface area contributed by atoms with Crippen molar-refractivity contribution in [2.45, 2.75) is 6.10 Å². The topological polar surface area (TPSA) is 100 Å². The maximum absolute atomic E-state index is 10.3. The predicted molar refractivity (Wildman–Crippen MR) is 79.7 cm³/mol. The van der Waals surface area contributed by atoms with Crippen molar-refractivity contribution in [1.29, 1.82) is 5.26 Å². The molecule has 0 fully saturated rings.